The van der Waals surface area contributed by atoms with Crippen LogP contribution in [0.25, 0.3) is 0 Å². The smallest absolute Gasteiger partial charge is 0.207 e. The molecule has 0 aromatic rings. The number of halogens is 4. The molecule has 0 saturated heterocycles. The van der Waals surface area contributed by atoms with E-state index < -0.39 is 56.6 Å². The Hall–Kier alpha value is -0.380. The Labute approximate surface area is 97.4 Å². The summed E-state index contributed by atoms with van der Waals surface area (Å²) in [7, 11) is -10.1. The second-order valence-corrected chi connectivity index (χ2v) is 6.71. The lowest BCUT2D eigenvalue weighted by Crippen LogP contribution is -2.23. The van der Waals surface area contributed by atoms with E-state index in [4.69, 9.17) is 0 Å². The second-order valence-electron chi connectivity index (χ2n) is 3.89. The van der Waals surface area contributed by atoms with Crippen LogP contribution in [0, 0.1) is 5.92 Å². The van der Waals surface area contributed by atoms with Crippen LogP contribution in [0.1, 0.15) is 19.8 Å². The molecule has 17 heavy (non-hydrogen) atoms. The minimum absolute atomic E-state index is 0.540. The zero-order chi connectivity index (χ0) is 13.9. The van der Waals surface area contributed by atoms with E-state index in [-0.39, 0.29) is 0 Å². The van der Waals surface area contributed by atoms with Crippen molar-refractivity contribution in [2.75, 3.05) is 11.5 Å². The monoisotopic (exact) mass is 300 g/mol. The molecule has 0 N–H and O–H groups in total. The molecule has 0 atom stereocenters. The molecule has 0 aliphatic carbocycles. The summed E-state index contributed by atoms with van der Waals surface area (Å²) >= 11 is 0. The number of hydrogen-bond donors (Lipinski definition) is 0. The average molecular weight is 300 g/mol. The summed E-state index contributed by atoms with van der Waals surface area (Å²) in [5, 5.41) is 0. The van der Waals surface area contributed by atoms with Crippen LogP contribution in [0.5, 0.6) is 0 Å². The fraction of sp³-hybridized carbons (Fsp3) is 1.00. The maximum absolute atomic E-state index is 12.5. The van der Waals surface area contributed by atoms with Crippen LogP contribution < -0.4 is 0 Å². The maximum atomic E-state index is 12.5. The Morgan fingerprint density at radius 3 is 1.59 bits per heavy atom. The Bertz CT molecular complexity index is 403. The number of rotatable bonds is 7. The van der Waals surface area contributed by atoms with Crippen molar-refractivity contribution in [3.63, 3.8) is 0 Å². The minimum Gasteiger partial charge on any atom is -0.207 e. The third kappa shape index (κ3) is 11.9. The van der Waals surface area contributed by atoms with Gasteiger partial charge in [-0.05, 0) is 19.3 Å². The van der Waals surface area contributed by atoms with Gasteiger partial charge in [0.1, 0.15) is 0 Å². The molecule has 0 spiro atoms. The van der Waals surface area contributed by atoms with Crippen molar-refractivity contribution in [2.45, 2.75) is 25.7 Å². The summed E-state index contributed by atoms with van der Waals surface area (Å²) in [6.45, 7) is 0.540. The van der Waals surface area contributed by atoms with Crippen molar-refractivity contribution in [1.82, 2.24) is 0 Å². The molecule has 0 heterocycles. The first-order chi connectivity index (χ1) is 7.29. The normalized spacial score (nSPS) is 14.2. The summed E-state index contributed by atoms with van der Waals surface area (Å²) in [5.41, 5.74) is 0. The molecule has 104 valence electrons. The Morgan fingerprint density at radius 1 is 1.00 bits per heavy atom. The lowest BCUT2D eigenvalue weighted by atomic mass is 10.1. The molecular weight excluding hydrogens is 288 g/mol. The van der Waals surface area contributed by atoms with Gasteiger partial charge in [0.2, 0.25) is 5.92 Å². The molecular formula is C7H12F4O4S2. The molecule has 10 heteroatoms. The lowest BCUT2D eigenvalue weighted by molar-refractivity contribution is 0.00793. The van der Waals surface area contributed by atoms with Crippen LogP contribution in [-0.2, 0) is 20.4 Å². The van der Waals surface area contributed by atoms with Gasteiger partial charge in [0.05, 0.1) is 11.5 Å². The first-order valence-electron chi connectivity index (χ1n) is 4.51. The Balaban J connectivity index is 4.64. The molecule has 0 aromatic heterocycles. The molecule has 0 aliphatic rings. The van der Waals surface area contributed by atoms with Crippen LogP contribution >= 0.6 is 0 Å². The van der Waals surface area contributed by atoms with Crippen LogP contribution in [-0.4, -0.2) is 34.3 Å². The van der Waals surface area contributed by atoms with Crippen LogP contribution in [0.3, 0.4) is 0 Å². The van der Waals surface area contributed by atoms with Crippen molar-refractivity contribution < 1.29 is 33.4 Å². The predicted octanol–water partition coefficient (Wildman–Crippen LogP) is 1.64. The summed E-state index contributed by atoms with van der Waals surface area (Å²) < 4.78 is 90.6. The molecule has 0 bridgehead atoms. The van der Waals surface area contributed by atoms with E-state index >= 15 is 0 Å². The van der Waals surface area contributed by atoms with Crippen LogP contribution in [0.2, 0.25) is 0 Å². The largest absolute Gasteiger partial charge is 0.302 e. The average Bonchev–Trinajstić information content (AvgIpc) is 1.92. The highest BCUT2D eigenvalue weighted by molar-refractivity contribution is 7.87. The Morgan fingerprint density at radius 2 is 1.35 bits per heavy atom. The van der Waals surface area contributed by atoms with Crippen LogP contribution in [0.4, 0.5) is 16.6 Å². The standard InChI is InChI=1S/C7H12F4O4S2/c1-7(8,9)3-2-6(4-16(10,12)13)5-17(11,14)15/h6H,2-5H2,1H3. The van der Waals surface area contributed by atoms with E-state index in [2.05, 4.69) is 0 Å². The van der Waals surface area contributed by atoms with E-state index in [1.807, 2.05) is 0 Å². The van der Waals surface area contributed by atoms with Gasteiger partial charge in [-0.1, -0.05) is 0 Å². The topological polar surface area (TPSA) is 68.3 Å². The van der Waals surface area contributed by atoms with Gasteiger partial charge in [0.25, 0.3) is 0 Å². The van der Waals surface area contributed by atoms with Crippen molar-refractivity contribution in [2.24, 2.45) is 5.92 Å². The highest BCUT2D eigenvalue weighted by Crippen LogP contribution is 2.24. The van der Waals surface area contributed by atoms with E-state index in [0.29, 0.717) is 6.92 Å². The number of alkyl halides is 2. The zero-order valence-electron chi connectivity index (χ0n) is 8.87. The van der Waals surface area contributed by atoms with Crippen molar-refractivity contribution in [1.29, 1.82) is 0 Å². The predicted molar refractivity (Wildman–Crippen MR) is 53.1 cm³/mol. The lowest BCUT2D eigenvalue weighted by Gasteiger charge is -2.15. The van der Waals surface area contributed by atoms with Gasteiger partial charge in [0, 0.05) is 6.42 Å². The van der Waals surface area contributed by atoms with Gasteiger partial charge < -0.3 is 0 Å². The molecule has 0 saturated carbocycles. The molecule has 0 aromatic carbocycles. The molecule has 0 rings (SSSR count). The molecule has 0 fully saturated rings. The fourth-order valence-electron chi connectivity index (χ4n) is 1.24. The molecule has 0 amide bonds. The summed E-state index contributed by atoms with van der Waals surface area (Å²) in [5.74, 6) is -7.25. The van der Waals surface area contributed by atoms with Crippen LogP contribution in [0.15, 0.2) is 0 Å². The van der Waals surface area contributed by atoms with E-state index in [0.717, 1.165) is 0 Å². The molecule has 0 aliphatic heterocycles. The van der Waals surface area contributed by atoms with Gasteiger partial charge in [-0.2, -0.15) is 16.8 Å². The van der Waals surface area contributed by atoms with Gasteiger partial charge in [-0.25, -0.2) is 8.78 Å². The van der Waals surface area contributed by atoms with E-state index in [1.165, 1.54) is 0 Å². The van der Waals surface area contributed by atoms with Crippen molar-refractivity contribution >= 4 is 20.4 Å². The fourth-order valence-corrected chi connectivity index (χ4v) is 3.08. The third-order valence-corrected chi connectivity index (χ3v) is 3.60. The zero-order valence-corrected chi connectivity index (χ0v) is 10.5. The summed E-state index contributed by atoms with van der Waals surface area (Å²) in [6.07, 6.45) is -1.45. The quantitative estimate of drug-likeness (QED) is 0.529. The maximum Gasteiger partial charge on any atom is 0.302 e. The van der Waals surface area contributed by atoms with Crippen molar-refractivity contribution in [3.8, 4) is 0 Å². The van der Waals surface area contributed by atoms with Gasteiger partial charge >= 0.3 is 20.4 Å². The summed E-state index contributed by atoms with van der Waals surface area (Å²) in [4.78, 5) is 0. The van der Waals surface area contributed by atoms with E-state index in [1.54, 1.807) is 0 Å². The first kappa shape index (κ1) is 16.6. The highest BCUT2D eigenvalue weighted by Gasteiger charge is 2.28. The van der Waals surface area contributed by atoms with Gasteiger partial charge in [-0.3, -0.25) is 0 Å². The third-order valence-electron chi connectivity index (χ3n) is 1.86. The van der Waals surface area contributed by atoms with Gasteiger partial charge in [0.15, 0.2) is 0 Å². The highest BCUT2D eigenvalue weighted by atomic mass is 32.3. The second kappa shape index (κ2) is 5.51. The minimum atomic E-state index is -5.04. The first-order valence-corrected chi connectivity index (χ1v) is 7.61. The van der Waals surface area contributed by atoms with E-state index in [9.17, 15) is 33.4 Å². The Kier molecular flexibility index (Phi) is 5.38. The van der Waals surface area contributed by atoms with Crippen molar-refractivity contribution in [3.05, 3.63) is 0 Å². The molecule has 4 nitrogen and oxygen atoms in total. The number of hydrogen-bond acceptors (Lipinski definition) is 4. The SMILES string of the molecule is CC(F)(F)CCC(CS(=O)(=O)F)CS(=O)(=O)F. The molecule has 0 unspecified atom stereocenters. The summed E-state index contributed by atoms with van der Waals surface area (Å²) in [6, 6.07) is 0. The molecule has 0 radical (unpaired) electrons. The van der Waals surface area contributed by atoms with Gasteiger partial charge in [-0.15, -0.1) is 7.77 Å².